The molecule has 1 aromatic carbocycles. The third-order valence-electron chi connectivity index (χ3n) is 7.32. The number of aryl methyl sites for hydroxylation is 1. The lowest BCUT2D eigenvalue weighted by atomic mass is 10.0. The molecule has 0 saturated carbocycles. The third-order valence-corrected chi connectivity index (χ3v) is 7.32. The molecule has 0 bridgehead atoms. The second kappa shape index (κ2) is 10.3. The standard InChI is InChI=1S/C26H29FN4O4.ClH/c27-20-5-3-16-4-6-24(33)31-19(15-35-26(20)25(16)31)13-30-8-7-21(22(32)14-30)29-11-18-10-17-2-1-9-34-23(17)12-28-18;/h3-6,10,12,19,21-22,29,32H,1-2,7-9,11,13-15H2;1H/t19-,21+,22-;/m1./s1. The van der Waals surface area contributed by atoms with Gasteiger partial charge in [-0.25, -0.2) is 4.39 Å². The molecule has 5 heterocycles. The zero-order valence-corrected chi connectivity index (χ0v) is 20.7. The van der Waals surface area contributed by atoms with Crippen molar-refractivity contribution in [2.75, 3.05) is 32.8 Å². The monoisotopic (exact) mass is 516 g/mol. The van der Waals surface area contributed by atoms with Crippen molar-refractivity contribution >= 4 is 23.3 Å². The van der Waals surface area contributed by atoms with Gasteiger partial charge in [0.15, 0.2) is 11.6 Å². The minimum atomic E-state index is -0.550. The van der Waals surface area contributed by atoms with Crippen molar-refractivity contribution in [3.05, 3.63) is 64.0 Å². The number of rotatable bonds is 5. The molecule has 3 aliphatic rings. The summed E-state index contributed by atoms with van der Waals surface area (Å²) in [7, 11) is 0. The van der Waals surface area contributed by atoms with Crippen molar-refractivity contribution in [2.45, 2.75) is 44.0 Å². The molecule has 6 rings (SSSR count). The van der Waals surface area contributed by atoms with Crippen LogP contribution in [0.2, 0.25) is 0 Å². The number of nitrogens with zero attached hydrogens (tertiary/aromatic N) is 3. The van der Waals surface area contributed by atoms with Crippen LogP contribution in [0.25, 0.3) is 10.9 Å². The second-order valence-corrected chi connectivity index (χ2v) is 9.66. The first-order valence-electron chi connectivity index (χ1n) is 12.3. The van der Waals surface area contributed by atoms with Crippen molar-refractivity contribution in [3.8, 4) is 11.5 Å². The average Bonchev–Trinajstić information content (AvgIpc) is 2.87. The highest BCUT2D eigenvalue weighted by molar-refractivity contribution is 5.86. The zero-order chi connectivity index (χ0) is 23.9. The van der Waals surface area contributed by atoms with Gasteiger partial charge >= 0.3 is 0 Å². The lowest BCUT2D eigenvalue weighted by Gasteiger charge is -2.39. The van der Waals surface area contributed by atoms with Gasteiger partial charge in [0.05, 0.1) is 36.2 Å². The van der Waals surface area contributed by atoms with Gasteiger partial charge in [0.2, 0.25) is 0 Å². The van der Waals surface area contributed by atoms with E-state index in [1.165, 1.54) is 17.7 Å². The molecule has 3 aromatic rings. The largest absolute Gasteiger partial charge is 0.492 e. The smallest absolute Gasteiger partial charge is 0.251 e. The Morgan fingerprint density at radius 2 is 2.08 bits per heavy atom. The number of fused-ring (bicyclic) bond motifs is 1. The van der Waals surface area contributed by atoms with Gasteiger partial charge < -0.3 is 19.9 Å². The van der Waals surface area contributed by atoms with Gasteiger partial charge in [-0.3, -0.25) is 19.2 Å². The first kappa shape index (κ1) is 25.0. The van der Waals surface area contributed by atoms with Crippen molar-refractivity contribution in [1.29, 1.82) is 0 Å². The molecule has 2 aromatic heterocycles. The summed E-state index contributed by atoms with van der Waals surface area (Å²) in [5, 5.41) is 15.1. The lowest BCUT2D eigenvalue weighted by Crippen LogP contribution is -2.54. The van der Waals surface area contributed by atoms with Crippen LogP contribution in [0, 0.1) is 5.82 Å². The normalized spacial score (nSPS) is 23.3. The molecule has 0 amide bonds. The number of aliphatic hydroxyl groups excluding tert-OH is 1. The van der Waals surface area contributed by atoms with Crippen LogP contribution < -0.4 is 20.3 Å². The first-order chi connectivity index (χ1) is 17.1. The lowest BCUT2D eigenvalue weighted by molar-refractivity contribution is 0.0294. The number of piperidine rings is 1. The zero-order valence-electron chi connectivity index (χ0n) is 19.9. The molecule has 3 aliphatic heterocycles. The quantitative estimate of drug-likeness (QED) is 0.538. The van der Waals surface area contributed by atoms with Crippen LogP contribution in [0.15, 0.2) is 41.3 Å². The molecule has 0 aliphatic carbocycles. The molecule has 0 unspecified atom stereocenters. The van der Waals surface area contributed by atoms with E-state index in [4.69, 9.17) is 9.47 Å². The van der Waals surface area contributed by atoms with Gasteiger partial charge in [0.1, 0.15) is 12.4 Å². The number of hydrogen-bond donors (Lipinski definition) is 2. The van der Waals surface area contributed by atoms with Crippen molar-refractivity contribution in [1.82, 2.24) is 19.8 Å². The number of pyridine rings is 2. The maximum absolute atomic E-state index is 14.3. The van der Waals surface area contributed by atoms with E-state index in [-0.39, 0.29) is 42.4 Å². The summed E-state index contributed by atoms with van der Waals surface area (Å²) in [5.74, 6) is 0.556. The Kier molecular flexibility index (Phi) is 7.16. The van der Waals surface area contributed by atoms with E-state index in [2.05, 4.69) is 21.3 Å². The SMILES string of the molecule is Cl.O=c1ccc2ccc(F)c3c2n1[C@H](CN1CC[C@H](NCc2cc4c(cn2)OCCC4)[C@H](O)C1)CO3. The molecule has 0 spiro atoms. The van der Waals surface area contributed by atoms with Crippen molar-refractivity contribution in [3.63, 3.8) is 0 Å². The number of hydrogen-bond acceptors (Lipinski definition) is 7. The first-order valence-corrected chi connectivity index (χ1v) is 12.3. The summed E-state index contributed by atoms with van der Waals surface area (Å²) in [6.45, 7) is 3.36. The van der Waals surface area contributed by atoms with Gasteiger partial charge in [-0.1, -0.05) is 0 Å². The maximum Gasteiger partial charge on any atom is 0.251 e. The van der Waals surface area contributed by atoms with Gasteiger partial charge in [-0.15, -0.1) is 12.4 Å². The molecular formula is C26H30ClFN4O4. The van der Waals surface area contributed by atoms with E-state index in [9.17, 15) is 14.3 Å². The highest BCUT2D eigenvalue weighted by atomic mass is 35.5. The molecule has 8 nitrogen and oxygen atoms in total. The molecule has 192 valence electrons. The minimum absolute atomic E-state index is 0. The van der Waals surface area contributed by atoms with Crippen LogP contribution in [-0.2, 0) is 13.0 Å². The Bertz CT molecular complexity index is 1320. The number of halogens is 2. The van der Waals surface area contributed by atoms with Crippen molar-refractivity contribution < 1.29 is 19.0 Å². The highest BCUT2D eigenvalue weighted by Gasteiger charge is 2.32. The van der Waals surface area contributed by atoms with Gasteiger partial charge in [0.25, 0.3) is 5.56 Å². The van der Waals surface area contributed by atoms with Crippen molar-refractivity contribution in [2.24, 2.45) is 0 Å². The van der Waals surface area contributed by atoms with Gasteiger partial charge in [-0.05, 0) is 55.6 Å². The van der Waals surface area contributed by atoms with Crippen LogP contribution >= 0.6 is 12.4 Å². The molecule has 3 atom stereocenters. The predicted molar refractivity (Wildman–Crippen MR) is 136 cm³/mol. The Morgan fingerprint density at radius 1 is 1.22 bits per heavy atom. The number of ether oxygens (including phenoxy) is 2. The average molecular weight is 517 g/mol. The van der Waals surface area contributed by atoms with E-state index in [0.29, 0.717) is 25.2 Å². The fraction of sp³-hybridized carbons (Fsp3) is 0.462. The maximum atomic E-state index is 14.3. The van der Waals surface area contributed by atoms with Crippen LogP contribution in [-0.4, -0.2) is 64.6 Å². The van der Waals surface area contributed by atoms with Gasteiger partial charge in [0, 0.05) is 37.1 Å². The number of likely N-dealkylation sites (tertiary alicyclic amines) is 1. The fourth-order valence-electron chi connectivity index (χ4n) is 5.52. The summed E-state index contributed by atoms with van der Waals surface area (Å²) in [4.78, 5) is 19.4. The fourth-order valence-corrected chi connectivity index (χ4v) is 5.52. The van der Waals surface area contributed by atoms with Crippen LogP contribution in [0.5, 0.6) is 11.5 Å². The molecule has 1 fully saturated rings. The van der Waals surface area contributed by atoms with Crippen LogP contribution in [0.4, 0.5) is 4.39 Å². The van der Waals surface area contributed by atoms with E-state index in [1.54, 1.807) is 22.9 Å². The summed E-state index contributed by atoms with van der Waals surface area (Å²) >= 11 is 0. The minimum Gasteiger partial charge on any atom is -0.492 e. The Labute approximate surface area is 214 Å². The summed E-state index contributed by atoms with van der Waals surface area (Å²) in [6, 6.07) is 8.06. The Morgan fingerprint density at radius 3 is 2.94 bits per heavy atom. The molecular weight excluding hydrogens is 487 g/mol. The highest BCUT2D eigenvalue weighted by Crippen LogP contribution is 2.34. The summed E-state index contributed by atoms with van der Waals surface area (Å²) in [6.07, 6.45) is 4.04. The molecule has 36 heavy (non-hydrogen) atoms. The van der Waals surface area contributed by atoms with Gasteiger partial charge in [-0.2, -0.15) is 0 Å². The number of aromatic nitrogens is 2. The Hall–Kier alpha value is -2.72. The number of nitrogens with one attached hydrogen (secondary N) is 1. The summed E-state index contributed by atoms with van der Waals surface area (Å²) in [5.41, 5.74) is 2.48. The number of aliphatic hydroxyl groups is 1. The molecule has 2 N–H and O–H groups in total. The molecule has 10 heteroatoms. The molecule has 1 saturated heterocycles. The topological polar surface area (TPSA) is 88.9 Å². The van der Waals surface area contributed by atoms with Crippen LogP contribution in [0.1, 0.15) is 30.1 Å². The second-order valence-electron chi connectivity index (χ2n) is 9.66. The van der Waals surface area contributed by atoms with E-state index < -0.39 is 11.9 Å². The van der Waals surface area contributed by atoms with E-state index in [0.717, 1.165) is 49.2 Å². The van der Waals surface area contributed by atoms with E-state index >= 15 is 0 Å². The molecule has 0 radical (unpaired) electrons. The summed E-state index contributed by atoms with van der Waals surface area (Å²) < 4.78 is 27.4. The Balaban J connectivity index is 0.00000267. The van der Waals surface area contributed by atoms with E-state index in [1.807, 2.05) is 0 Å². The number of β-amino-alcohol motifs (C(OH)–C–C–N with tert-alkyl or cyclic N) is 1. The predicted octanol–water partition coefficient (Wildman–Crippen LogP) is 2.44. The van der Waals surface area contributed by atoms with Crippen LogP contribution in [0.3, 0.4) is 0 Å². The third kappa shape index (κ3) is 4.68. The number of benzene rings is 1.